The summed E-state index contributed by atoms with van der Waals surface area (Å²) in [5, 5.41) is 9.39. The molecule has 1 N–H and O–H groups in total. The van der Waals surface area contributed by atoms with Gasteiger partial charge < -0.3 is 14.7 Å². The van der Waals surface area contributed by atoms with E-state index in [1.54, 1.807) is 38.1 Å². The summed E-state index contributed by atoms with van der Waals surface area (Å²) in [6, 6.07) is 6.59. The van der Waals surface area contributed by atoms with Crippen LogP contribution in [-0.2, 0) is 9.59 Å². The Bertz CT molecular complexity index is 642. The number of carbonyl (C=O) groups is 3. The Labute approximate surface area is 135 Å². The van der Waals surface area contributed by atoms with Crippen LogP contribution < -0.4 is 4.74 Å². The van der Waals surface area contributed by atoms with Crippen molar-refractivity contribution in [3.05, 3.63) is 29.8 Å². The SMILES string of the molecule is CC(=O)c1cccc(OC(C)C(=O)N2CCCC2(C)C(=O)O)c1. The first-order valence-electron chi connectivity index (χ1n) is 7.58. The Morgan fingerprint density at radius 1 is 1.35 bits per heavy atom. The van der Waals surface area contributed by atoms with Crippen molar-refractivity contribution in [2.45, 2.75) is 45.3 Å². The zero-order chi connectivity index (χ0) is 17.2. The molecule has 2 unspecified atom stereocenters. The van der Waals surface area contributed by atoms with E-state index in [9.17, 15) is 19.5 Å². The van der Waals surface area contributed by atoms with Gasteiger partial charge in [-0.1, -0.05) is 12.1 Å². The second-order valence-electron chi connectivity index (χ2n) is 6.02. The van der Waals surface area contributed by atoms with Crippen LogP contribution in [0.4, 0.5) is 0 Å². The van der Waals surface area contributed by atoms with E-state index in [4.69, 9.17) is 4.74 Å². The first-order chi connectivity index (χ1) is 10.8. The summed E-state index contributed by atoms with van der Waals surface area (Å²) in [6.07, 6.45) is 0.260. The molecule has 0 spiro atoms. The van der Waals surface area contributed by atoms with Crippen LogP contribution in [-0.4, -0.2) is 45.9 Å². The van der Waals surface area contributed by atoms with E-state index in [2.05, 4.69) is 0 Å². The number of ketones is 1. The van der Waals surface area contributed by atoms with Crippen LogP contribution in [0, 0.1) is 0 Å². The van der Waals surface area contributed by atoms with E-state index in [0.29, 0.717) is 30.7 Å². The number of carboxylic acids is 1. The molecule has 1 heterocycles. The lowest BCUT2D eigenvalue weighted by atomic mass is 9.99. The Balaban J connectivity index is 2.13. The highest BCUT2D eigenvalue weighted by Gasteiger charge is 2.47. The predicted octanol–water partition coefficient (Wildman–Crippen LogP) is 2.12. The molecule has 0 aliphatic carbocycles. The maximum absolute atomic E-state index is 12.6. The Hall–Kier alpha value is -2.37. The molecule has 0 bridgehead atoms. The zero-order valence-electron chi connectivity index (χ0n) is 13.5. The second-order valence-corrected chi connectivity index (χ2v) is 6.02. The number of amides is 1. The number of benzene rings is 1. The third kappa shape index (κ3) is 3.36. The minimum Gasteiger partial charge on any atom is -0.481 e. The van der Waals surface area contributed by atoms with Crippen molar-refractivity contribution in [1.82, 2.24) is 4.90 Å². The average Bonchev–Trinajstić information content (AvgIpc) is 2.90. The normalized spacial score (nSPS) is 21.8. The van der Waals surface area contributed by atoms with Gasteiger partial charge in [0.2, 0.25) is 0 Å². The van der Waals surface area contributed by atoms with Crippen molar-refractivity contribution in [1.29, 1.82) is 0 Å². The van der Waals surface area contributed by atoms with Gasteiger partial charge in [0.25, 0.3) is 5.91 Å². The third-order valence-electron chi connectivity index (χ3n) is 4.27. The zero-order valence-corrected chi connectivity index (χ0v) is 13.5. The quantitative estimate of drug-likeness (QED) is 0.840. The van der Waals surface area contributed by atoms with Crippen molar-refractivity contribution in [3.8, 4) is 5.75 Å². The molecule has 1 aromatic carbocycles. The molecule has 2 atom stereocenters. The summed E-state index contributed by atoms with van der Waals surface area (Å²) in [7, 11) is 0. The summed E-state index contributed by atoms with van der Waals surface area (Å²) in [5.74, 6) is -1.04. The summed E-state index contributed by atoms with van der Waals surface area (Å²) in [4.78, 5) is 36.8. The first kappa shape index (κ1) is 17.0. The van der Waals surface area contributed by atoms with E-state index < -0.39 is 17.6 Å². The minimum absolute atomic E-state index is 0.0903. The lowest BCUT2D eigenvalue weighted by Crippen LogP contribution is -2.54. The van der Waals surface area contributed by atoms with Crippen molar-refractivity contribution < 1.29 is 24.2 Å². The number of nitrogens with zero attached hydrogens (tertiary/aromatic N) is 1. The molecule has 1 aliphatic heterocycles. The van der Waals surface area contributed by atoms with Gasteiger partial charge in [-0.25, -0.2) is 4.79 Å². The molecule has 1 aliphatic rings. The largest absolute Gasteiger partial charge is 0.481 e. The molecule has 0 saturated carbocycles. The van der Waals surface area contributed by atoms with Crippen molar-refractivity contribution >= 4 is 17.7 Å². The van der Waals surface area contributed by atoms with Crippen LogP contribution in [0.15, 0.2) is 24.3 Å². The van der Waals surface area contributed by atoms with Gasteiger partial charge in [0.05, 0.1) is 0 Å². The minimum atomic E-state index is -1.18. The predicted molar refractivity (Wildman–Crippen MR) is 83.5 cm³/mol. The molecule has 124 valence electrons. The van der Waals surface area contributed by atoms with Gasteiger partial charge in [-0.15, -0.1) is 0 Å². The van der Waals surface area contributed by atoms with Gasteiger partial charge in [0.15, 0.2) is 11.9 Å². The van der Waals surface area contributed by atoms with Crippen LogP contribution >= 0.6 is 0 Å². The number of ether oxygens (including phenoxy) is 1. The molecule has 2 rings (SSSR count). The number of hydrogen-bond acceptors (Lipinski definition) is 4. The van der Waals surface area contributed by atoms with E-state index in [0.717, 1.165) is 0 Å². The Kier molecular flexibility index (Phi) is 4.73. The average molecular weight is 319 g/mol. The molecule has 23 heavy (non-hydrogen) atoms. The van der Waals surface area contributed by atoms with Gasteiger partial charge >= 0.3 is 5.97 Å². The topological polar surface area (TPSA) is 83.9 Å². The monoisotopic (exact) mass is 319 g/mol. The lowest BCUT2D eigenvalue weighted by molar-refractivity contribution is -0.157. The van der Waals surface area contributed by atoms with E-state index in [1.807, 2.05) is 0 Å². The molecular formula is C17H21NO5. The maximum atomic E-state index is 12.6. The molecule has 6 heteroatoms. The maximum Gasteiger partial charge on any atom is 0.329 e. The van der Waals surface area contributed by atoms with E-state index in [-0.39, 0.29) is 11.7 Å². The number of hydrogen-bond donors (Lipinski definition) is 1. The van der Waals surface area contributed by atoms with Gasteiger partial charge in [-0.05, 0) is 45.7 Å². The van der Waals surface area contributed by atoms with E-state index in [1.165, 1.54) is 11.8 Å². The molecular weight excluding hydrogens is 298 g/mol. The summed E-state index contributed by atoms with van der Waals surface area (Å²) < 4.78 is 5.62. The number of carbonyl (C=O) groups excluding carboxylic acids is 2. The summed E-state index contributed by atoms with van der Waals surface area (Å²) >= 11 is 0. The Morgan fingerprint density at radius 3 is 2.65 bits per heavy atom. The van der Waals surface area contributed by atoms with Crippen molar-refractivity contribution in [2.24, 2.45) is 0 Å². The molecule has 0 radical (unpaired) electrons. The number of rotatable bonds is 5. The van der Waals surface area contributed by atoms with Crippen LogP contribution in [0.2, 0.25) is 0 Å². The van der Waals surface area contributed by atoms with Gasteiger partial charge in [0, 0.05) is 12.1 Å². The summed E-state index contributed by atoms with van der Waals surface area (Å²) in [6.45, 7) is 5.01. The standard InChI is InChI=1S/C17H21NO5/c1-11(19)13-6-4-7-14(10-13)23-12(2)15(20)18-9-5-8-17(18,3)16(21)22/h4,6-7,10,12H,5,8-9H2,1-3H3,(H,21,22). The highest BCUT2D eigenvalue weighted by Crippen LogP contribution is 2.30. The van der Waals surface area contributed by atoms with Gasteiger partial charge in [0.1, 0.15) is 11.3 Å². The Morgan fingerprint density at radius 2 is 2.04 bits per heavy atom. The molecule has 1 amide bonds. The number of carboxylic acid groups (broad SMARTS) is 1. The first-order valence-corrected chi connectivity index (χ1v) is 7.58. The molecule has 1 aromatic rings. The highest BCUT2D eigenvalue weighted by atomic mass is 16.5. The smallest absolute Gasteiger partial charge is 0.329 e. The van der Waals surface area contributed by atoms with Crippen LogP contribution in [0.3, 0.4) is 0 Å². The van der Waals surface area contributed by atoms with Gasteiger partial charge in [-0.3, -0.25) is 9.59 Å². The fourth-order valence-electron chi connectivity index (χ4n) is 2.80. The highest BCUT2D eigenvalue weighted by molar-refractivity contribution is 5.94. The fraction of sp³-hybridized carbons (Fsp3) is 0.471. The summed E-state index contributed by atoms with van der Waals surface area (Å²) in [5.41, 5.74) is -0.686. The van der Waals surface area contributed by atoms with E-state index >= 15 is 0 Å². The molecule has 1 saturated heterocycles. The van der Waals surface area contributed by atoms with Crippen LogP contribution in [0.1, 0.15) is 44.0 Å². The van der Waals surface area contributed by atoms with Crippen molar-refractivity contribution in [3.63, 3.8) is 0 Å². The van der Waals surface area contributed by atoms with Crippen LogP contribution in [0.25, 0.3) is 0 Å². The van der Waals surface area contributed by atoms with Crippen molar-refractivity contribution in [2.75, 3.05) is 6.54 Å². The van der Waals surface area contributed by atoms with Crippen LogP contribution in [0.5, 0.6) is 5.75 Å². The molecule has 6 nitrogen and oxygen atoms in total. The number of aliphatic carboxylic acids is 1. The lowest BCUT2D eigenvalue weighted by Gasteiger charge is -2.33. The number of Topliss-reactive ketones (excluding diaryl/α,β-unsaturated/α-hetero) is 1. The van der Waals surface area contributed by atoms with Gasteiger partial charge in [-0.2, -0.15) is 0 Å². The fourth-order valence-corrected chi connectivity index (χ4v) is 2.80. The second kappa shape index (κ2) is 6.40. The molecule has 0 aromatic heterocycles. The number of likely N-dealkylation sites (tertiary alicyclic amines) is 1. The third-order valence-corrected chi connectivity index (χ3v) is 4.27. The molecule has 1 fully saturated rings.